The van der Waals surface area contributed by atoms with Crippen LogP contribution in [-0.2, 0) is 13.6 Å². The van der Waals surface area contributed by atoms with Gasteiger partial charge in [0.25, 0.3) is 0 Å². The average molecular weight is 406 g/mol. The highest BCUT2D eigenvalue weighted by Gasteiger charge is 2.09. The van der Waals surface area contributed by atoms with Gasteiger partial charge in [-0.3, -0.25) is 9.67 Å². The maximum absolute atomic E-state index is 4.25. The van der Waals surface area contributed by atoms with Gasteiger partial charge in [-0.2, -0.15) is 5.10 Å². The molecular weight excluding hydrogens is 379 g/mol. The Balaban J connectivity index is 0.00000220. The van der Waals surface area contributed by atoms with E-state index >= 15 is 0 Å². The Morgan fingerprint density at radius 1 is 1.29 bits per heavy atom. The van der Waals surface area contributed by atoms with Crippen LogP contribution in [0.25, 0.3) is 0 Å². The summed E-state index contributed by atoms with van der Waals surface area (Å²) in [6.45, 7) is 5.24. The van der Waals surface area contributed by atoms with E-state index < -0.39 is 0 Å². The number of piperidine rings is 1. The van der Waals surface area contributed by atoms with Crippen LogP contribution in [0.1, 0.15) is 25.0 Å². The van der Waals surface area contributed by atoms with Gasteiger partial charge in [0, 0.05) is 33.4 Å². The van der Waals surface area contributed by atoms with Gasteiger partial charge in [-0.25, -0.2) is 0 Å². The molecule has 21 heavy (non-hydrogen) atoms. The summed E-state index contributed by atoms with van der Waals surface area (Å²) in [6.07, 6.45) is 5.88. The first kappa shape index (κ1) is 18.2. The van der Waals surface area contributed by atoms with Crippen LogP contribution in [0.4, 0.5) is 0 Å². The predicted molar refractivity (Wildman–Crippen MR) is 97.1 cm³/mol. The predicted octanol–water partition coefficient (Wildman–Crippen LogP) is 1.19. The van der Waals surface area contributed by atoms with Gasteiger partial charge in [-0.15, -0.1) is 24.0 Å². The third-order valence-electron chi connectivity index (χ3n) is 3.75. The summed E-state index contributed by atoms with van der Waals surface area (Å²) >= 11 is 0. The summed E-state index contributed by atoms with van der Waals surface area (Å²) in [5.41, 5.74) is 1.14. The van der Waals surface area contributed by atoms with E-state index in [4.69, 9.17) is 0 Å². The molecule has 6 nitrogen and oxygen atoms in total. The highest BCUT2D eigenvalue weighted by molar-refractivity contribution is 14.0. The molecule has 2 N–H and O–H groups in total. The molecule has 1 aromatic rings. The molecule has 0 amide bonds. The van der Waals surface area contributed by atoms with Gasteiger partial charge < -0.3 is 15.5 Å². The molecule has 0 aliphatic carbocycles. The molecule has 0 bridgehead atoms. The number of aryl methyl sites for hydroxylation is 1. The first-order chi connectivity index (χ1) is 9.79. The molecule has 0 aromatic carbocycles. The van der Waals surface area contributed by atoms with Crippen LogP contribution in [0.5, 0.6) is 0 Å². The van der Waals surface area contributed by atoms with Crippen LogP contribution in [0.3, 0.4) is 0 Å². The quantitative estimate of drug-likeness (QED) is 0.438. The molecule has 0 saturated carbocycles. The fourth-order valence-electron chi connectivity index (χ4n) is 2.49. The van der Waals surface area contributed by atoms with Crippen molar-refractivity contribution in [2.75, 3.05) is 33.2 Å². The molecule has 1 aliphatic heterocycles. The van der Waals surface area contributed by atoms with E-state index in [9.17, 15) is 0 Å². The molecule has 0 radical (unpaired) electrons. The van der Waals surface area contributed by atoms with Gasteiger partial charge in [0.2, 0.25) is 0 Å². The first-order valence-corrected chi connectivity index (χ1v) is 7.43. The molecule has 2 heterocycles. The van der Waals surface area contributed by atoms with E-state index in [0.29, 0.717) is 0 Å². The Morgan fingerprint density at radius 2 is 2.05 bits per heavy atom. The van der Waals surface area contributed by atoms with Gasteiger partial charge in [0.05, 0.1) is 12.2 Å². The highest BCUT2D eigenvalue weighted by Crippen LogP contribution is 2.07. The van der Waals surface area contributed by atoms with Crippen molar-refractivity contribution >= 4 is 29.9 Å². The number of halogens is 1. The van der Waals surface area contributed by atoms with Crippen molar-refractivity contribution in [1.82, 2.24) is 25.3 Å². The number of nitrogens with one attached hydrogen (secondary N) is 2. The first-order valence-electron chi connectivity index (χ1n) is 7.43. The van der Waals surface area contributed by atoms with Crippen LogP contribution in [-0.4, -0.2) is 53.9 Å². The van der Waals surface area contributed by atoms with Crippen molar-refractivity contribution in [2.45, 2.75) is 25.8 Å². The minimum absolute atomic E-state index is 0. The zero-order valence-electron chi connectivity index (χ0n) is 13.0. The van der Waals surface area contributed by atoms with E-state index in [1.807, 2.05) is 24.0 Å². The molecule has 1 aromatic heterocycles. The second-order valence-electron chi connectivity index (χ2n) is 5.20. The van der Waals surface area contributed by atoms with Crippen LogP contribution in [0.15, 0.2) is 17.3 Å². The van der Waals surface area contributed by atoms with E-state index in [2.05, 4.69) is 25.6 Å². The molecule has 0 atom stereocenters. The fourth-order valence-corrected chi connectivity index (χ4v) is 2.49. The van der Waals surface area contributed by atoms with Gasteiger partial charge in [0.1, 0.15) is 0 Å². The fraction of sp³-hybridized carbons (Fsp3) is 0.714. The smallest absolute Gasteiger partial charge is 0.191 e. The standard InChI is InChI=1S/C14H26N6.HI/c1-15-14(17-12-13-6-7-18-19(13)2)16-8-11-20-9-4-3-5-10-20;/h6-7H,3-5,8-12H2,1-2H3,(H2,15,16,17);1H. The third kappa shape index (κ3) is 6.21. The Kier molecular flexibility index (Phi) is 8.67. The molecule has 1 fully saturated rings. The number of hydrogen-bond acceptors (Lipinski definition) is 3. The molecule has 120 valence electrons. The van der Waals surface area contributed by atoms with Crippen molar-refractivity contribution in [2.24, 2.45) is 12.0 Å². The van der Waals surface area contributed by atoms with Gasteiger partial charge in [0.15, 0.2) is 5.96 Å². The van der Waals surface area contributed by atoms with Crippen LogP contribution >= 0.6 is 24.0 Å². The number of hydrogen-bond donors (Lipinski definition) is 2. The zero-order chi connectivity index (χ0) is 14.2. The third-order valence-corrected chi connectivity index (χ3v) is 3.75. The van der Waals surface area contributed by atoms with Crippen molar-refractivity contribution < 1.29 is 0 Å². The number of aromatic nitrogens is 2. The minimum Gasteiger partial charge on any atom is -0.355 e. The summed E-state index contributed by atoms with van der Waals surface area (Å²) in [5, 5.41) is 10.8. The molecular formula is C14H27IN6. The lowest BCUT2D eigenvalue weighted by Gasteiger charge is -2.26. The Hall–Kier alpha value is -0.830. The summed E-state index contributed by atoms with van der Waals surface area (Å²) in [7, 11) is 3.75. The lowest BCUT2D eigenvalue weighted by molar-refractivity contribution is 0.232. The summed E-state index contributed by atoms with van der Waals surface area (Å²) in [5.74, 6) is 0.850. The van der Waals surface area contributed by atoms with Crippen molar-refractivity contribution in [3.63, 3.8) is 0 Å². The summed E-state index contributed by atoms with van der Waals surface area (Å²) in [4.78, 5) is 6.76. The number of nitrogens with zero attached hydrogens (tertiary/aromatic N) is 4. The van der Waals surface area contributed by atoms with Crippen molar-refractivity contribution in [1.29, 1.82) is 0 Å². The van der Waals surface area contributed by atoms with E-state index in [1.165, 1.54) is 32.4 Å². The lowest BCUT2D eigenvalue weighted by atomic mass is 10.1. The molecule has 1 saturated heterocycles. The number of rotatable bonds is 5. The average Bonchev–Trinajstić information content (AvgIpc) is 2.89. The Morgan fingerprint density at radius 3 is 2.67 bits per heavy atom. The van der Waals surface area contributed by atoms with Gasteiger partial charge in [-0.05, 0) is 32.0 Å². The maximum atomic E-state index is 4.25. The summed E-state index contributed by atoms with van der Waals surface area (Å²) in [6, 6.07) is 2.01. The van der Waals surface area contributed by atoms with Crippen LogP contribution in [0, 0.1) is 0 Å². The number of likely N-dealkylation sites (tertiary alicyclic amines) is 1. The SMILES string of the molecule is CN=C(NCCN1CCCCC1)NCc1ccnn1C.I. The second kappa shape index (κ2) is 9.99. The monoisotopic (exact) mass is 406 g/mol. The van der Waals surface area contributed by atoms with E-state index in [-0.39, 0.29) is 24.0 Å². The van der Waals surface area contributed by atoms with Crippen molar-refractivity contribution in [3.8, 4) is 0 Å². The molecule has 0 unspecified atom stereocenters. The molecule has 7 heteroatoms. The van der Waals surface area contributed by atoms with Crippen LogP contribution in [0.2, 0.25) is 0 Å². The molecule has 2 rings (SSSR count). The van der Waals surface area contributed by atoms with E-state index in [1.54, 1.807) is 7.05 Å². The van der Waals surface area contributed by atoms with Crippen LogP contribution < -0.4 is 10.6 Å². The van der Waals surface area contributed by atoms with E-state index in [0.717, 1.165) is 31.3 Å². The minimum atomic E-state index is 0. The number of guanidine groups is 1. The molecule has 1 aliphatic rings. The second-order valence-corrected chi connectivity index (χ2v) is 5.20. The zero-order valence-corrected chi connectivity index (χ0v) is 15.3. The number of aliphatic imine (C=N–C) groups is 1. The van der Waals surface area contributed by atoms with Crippen molar-refractivity contribution in [3.05, 3.63) is 18.0 Å². The Bertz CT molecular complexity index is 425. The van der Waals surface area contributed by atoms with Gasteiger partial charge in [-0.1, -0.05) is 6.42 Å². The Labute approximate surface area is 144 Å². The lowest BCUT2D eigenvalue weighted by Crippen LogP contribution is -2.42. The maximum Gasteiger partial charge on any atom is 0.191 e. The molecule has 0 spiro atoms. The summed E-state index contributed by atoms with van der Waals surface area (Å²) < 4.78 is 1.87. The highest BCUT2D eigenvalue weighted by atomic mass is 127. The topological polar surface area (TPSA) is 57.5 Å². The largest absolute Gasteiger partial charge is 0.355 e. The normalized spacial score (nSPS) is 16.4. The van der Waals surface area contributed by atoms with Gasteiger partial charge >= 0.3 is 0 Å².